The van der Waals surface area contributed by atoms with Crippen molar-refractivity contribution in [3.8, 4) is 0 Å². The van der Waals surface area contributed by atoms with Crippen molar-refractivity contribution in [3.63, 3.8) is 0 Å². The van der Waals surface area contributed by atoms with Gasteiger partial charge in [0.1, 0.15) is 0 Å². The van der Waals surface area contributed by atoms with Crippen LogP contribution >= 0.6 is 11.3 Å². The number of rotatable bonds is 3. The average molecular weight is 204 g/mol. The molecule has 0 aliphatic heterocycles. The van der Waals surface area contributed by atoms with Crippen molar-refractivity contribution in [2.45, 2.75) is 13.0 Å². The van der Waals surface area contributed by atoms with Crippen molar-refractivity contribution in [1.29, 1.82) is 0 Å². The van der Waals surface area contributed by atoms with E-state index in [1.165, 1.54) is 10.4 Å². The lowest BCUT2D eigenvalue weighted by Gasteiger charge is -1.96. The van der Waals surface area contributed by atoms with E-state index >= 15 is 0 Å². The van der Waals surface area contributed by atoms with Crippen molar-refractivity contribution in [2.75, 3.05) is 0 Å². The van der Waals surface area contributed by atoms with E-state index in [0.29, 0.717) is 0 Å². The Balaban J connectivity index is 2.11. The molecule has 1 aromatic heterocycles. The van der Waals surface area contributed by atoms with E-state index in [1.54, 1.807) is 11.3 Å². The molecule has 0 bridgehead atoms. The minimum Gasteiger partial charge on any atom is -0.392 e. The van der Waals surface area contributed by atoms with Crippen LogP contribution in [0, 0.1) is 0 Å². The first kappa shape index (κ1) is 9.44. The number of aliphatic hydroxyl groups is 1. The van der Waals surface area contributed by atoms with Gasteiger partial charge in [-0.2, -0.15) is 0 Å². The van der Waals surface area contributed by atoms with Crippen molar-refractivity contribution in [2.24, 2.45) is 0 Å². The minimum absolute atomic E-state index is 0.144. The Morgan fingerprint density at radius 3 is 2.50 bits per heavy atom. The standard InChI is InChI=1S/C12H12OS/c13-8-11-7-12(14-9-11)6-10-4-2-1-3-5-10/h1-5,7,9,13H,6,8H2. The lowest BCUT2D eigenvalue weighted by Crippen LogP contribution is -1.83. The first-order chi connectivity index (χ1) is 6.88. The molecule has 0 fully saturated rings. The highest BCUT2D eigenvalue weighted by Gasteiger charge is 1.99. The fraction of sp³-hybridized carbons (Fsp3) is 0.167. The maximum absolute atomic E-state index is 8.92. The highest BCUT2D eigenvalue weighted by Crippen LogP contribution is 2.18. The Morgan fingerprint density at radius 2 is 1.86 bits per heavy atom. The molecule has 0 saturated carbocycles. The normalized spacial score (nSPS) is 10.4. The second-order valence-electron chi connectivity index (χ2n) is 3.24. The molecule has 0 saturated heterocycles. The van der Waals surface area contributed by atoms with Crippen molar-refractivity contribution in [3.05, 3.63) is 57.8 Å². The lowest BCUT2D eigenvalue weighted by atomic mass is 10.1. The monoisotopic (exact) mass is 204 g/mol. The molecule has 0 atom stereocenters. The molecule has 72 valence electrons. The van der Waals surface area contributed by atoms with Gasteiger partial charge in [-0.25, -0.2) is 0 Å². The van der Waals surface area contributed by atoms with Crippen LogP contribution in [0.4, 0.5) is 0 Å². The zero-order valence-electron chi connectivity index (χ0n) is 7.81. The Morgan fingerprint density at radius 1 is 1.07 bits per heavy atom. The molecule has 14 heavy (non-hydrogen) atoms. The Bertz CT molecular complexity index is 392. The molecule has 1 aromatic carbocycles. The van der Waals surface area contributed by atoms with Crippen LogP contribution in [0.3, 0.4) is 0 Å². The molecule has 1 nitrogen and oxygen atoms in total. The molecule has 2 heteroatoms. The van der Waals surface area contributed by atoms with Gasteiger partial charge in [-0.05, 0) is 22.6 Å². The van der Waals surface area contributed by atoms with Gasteiger partial charge in [0.05, 0.1) is 6.61 Å². The summed E-state index contributed by atoms with van der Waals surface area (Å²) in [5.74, 6) is 0. The second-order valence-corrected chi connectivity index (χ2v) is 4.24. The van der Waals surface area contributed by atoms with Gasteiger partial charge < -0.3 is 5.11 Å². The summed E-state index contributed by atoms with van der Waals surface area (Å²) in [5.41, 5.74) is 2.33. The van der Waals surface area contributed by atoms with E-state index in [0.717, 1.165) is 12.0 Å². The topological polar surface area (TPSA) is 20.2 Å². The second kappa shape index (κ2) is 4.40. The molecule has 2 aromatic rings. The Labute approximate surface area is 87.7 Å². The van der Waals surface area contributed by atoms with Gasteiger partial charge >= 0.3 is 0 Å². The highest BCUT2D eigenvalue weighted by atomic mass is 32.1. The molecule has 1 N–H and O–H groups in total. The van der Waals surface area contributed by atoms with Crippen LogP contribution in [0.15, 0.2) is 41.8 Å². The van der Waals surface area contributed by atoms with E-state index in [1.807, 2.05) is 11.4 Å². The fourth-order valence-corrected chi connectivity index (χ4v) is 2.31. The Kier molecular flexibility index (Phi) is 2.96. The molecule has 2 rings (SSSR count). The summed E-state index contributed by atoms with van der Waals surface area (Å²) < 4.78 is 0. The summed E-state index contributed by atoms with van der Waals surface area (Å²) >= 11 is 1.71. The van der Waals surface area contributed by atoms with Gasteiger partial charge in [0.2, 0.25) is 0 Å². The van der Waals surface area contributed by atoms with Crippen molar-refractivity contribution < 1.29 is 5.11 Å². The van der Waals surface area contributed by atoms with E-state index in [4.69, 9.17) is 5.11 Å². The molecule has 0 unspecified atom stereocenters. The van der Waals surface area contributed by atoms with Gasteiger partial charge in [0.25, 0.3) is 0 Å². The van der Waals surface area contributed by atoms with Crippen LogP contribution in [0.1, 0.15) is 16.0 Å². The third kappa shape index (κ3) is 2.22. The third-order valence-electron chi connectivity index (χ3n) is 2.11. The zero-order chi connectivity index (χ0) is 9.80. The van der Waals surface area contributed by atoms with Crippen LogP contribution in [-0.4, -0.2) is 5.11 Å². The summed E-state index contributed by atoms with van der Waals surface area (Å²) in [6.07, 6.45) is 0.964. The number of aliphatic hydroxyl groups excluding tert-OH is 1. The van der Waals surface area contributed by atoms with E-state index in [-0.39, 0.29) is 6.61 Å². The lowest BCUT2D eigenvalue weighted by molar-refractivity contribution is 0.282. The SMILES string of the molecule is OCc1csc(Cc2ccccc2)c1. The first-order valence-electron chi connectivity index (χ1n) is 4.59. The molecule has 0 aliphatic rings. The smallest absolute Gasteiger partial charge is 0.0690 e. The average Bonchev–Trinajstić information content (AvgIpc) is 2.67. The summed E-state index contributed by atoms with van der Waals surface area (Å²) in [5, 5.41) is 10.9. The predicted octanol–water partition coefficient (Wildman–Crippen LogP) is 2.83. The number of benzene rings is 1. The number of thiophene rings is 1. The molecular formula is C12H12OS. The maximum atomic E-state index is 8.92. The largest absolute Gasteiger partial charge is 0.392 e. The van der Waals surface area contributed by atoms with Crippen LogP contribution in [0.2, 0.25) is 0 Å². The van der Waals surface area contributed by atoms with Crippen LogP contribution in [-0.2, 0) is 13.0 Å². The predicted molar refractivity (Wildman–Crippen MR) is 59.5 cm³/mol. The van der Waals surface area contributed by atoms with E-state index in [2.05, 4.69) is 30.3 Å². The van der Waals surface area contributed by atoms with Crippen molar-refractivity contribution in [1.82, 2.24) is 0 Å². The number of hydrogen-bond donors (Lipinski definition) is 1. The van der Waals surface area contributed by atoms with Gasteiger partial charge in [-0.15, -0.1) is 11.3 Å². The Hall–Kier alpha value is -1.12. The highest BCUT2D eigenvalue weighted by molar-refractivity contribution is 7.10. The summed E-state index contributed by atoms with van der Waals surface area (Å²) in [6.45, 7) is 0.144. The van der Waals surface area contributed by atoms with Gasteiger partial charge in [0, 0.05) is 11.3 Å². The van der Waals surface area contributed by atoms with Crippen LogP contribution < -0.4 is 0 Å². The van der Waals surface area contributed by atoms with Crippen LogP contribution in [0.5, 0.6) is 0 Å². The fourth-order valence-electron chi connectivity index (χ4n) is 1.40. The molecule has 0 spiro atoms. The summed E-state index contributed by atoms with van der Waals surface area (Å²) in [6, 6.07) is 12.4. The molecule has 1 heterocycles. The molecule has 0 aliphatic carbocycles. The van der Waals surface area contributed by atoms with Gasteiger partial charge in [-0.1, -0.05) is 30.3 Å². The first-order valence-corrected chi connectivity index (χ1v) is 5.47. The number of hydrogen-bond acceptors (Lipinski definition) is 2. The molecule has 0 radical (unpaired) electrons. The molecular weight excluding hydrogens is 192 g/mol. The summed E-state index contributed by atoms with van der Waals surface area (Å²) in [4.78, 5) is 1.31. The third-order valence-corrected chi connectivity index (χ3v) is 3.10. The zero-order valence-corrected chi connectivity index (χ0v) is 8.63. The molecule has 0 amide bonds. The van der Waals surface area contributed by atoms with Crippen LogP contribution in [0.25, 0.3) is 0 Å². The summed E-state index contributed by atoms with van der Waals surface area (Å²) in [7, 11) is 0. The van der Waals surface area contributed by atoms with E-state index < -0.39 is 0 Å². The van der Waals surface area contributed by atoms with Gasteiger partial charge in [0.15, 0.2) is 0 Å². The maximum Gasteiger partial charge on any atom is 0.0690 e. The van der Waals surface area contributed by atoms with Gasteiger partial charge in [-0.3, -0.25) is 0 Å². The quantitative estimate of drug-likeness (QED) is 0.815. The van der Waals surface area contributed by atoms with E-state index in [9.17, 15) is 0 Å². The van der Waals surface area contributed by atoms with Crippen molar-refractivity contribution >= 4 is 11.3 Å². The minimum atomic E-state index is 0.144.